The van der Waals surface area contributed by atoms with Crippen molar-refractivity contribution < 1.29 is 19.1 Å². The molecule has 0 fully saturated rings. The minimum absolute atomic E-state index is 0.0513. The molecule has 2 amide bonds. The third-order valence-corrected chi connectivity index (χ3v) is 4.99. The molecule has 0 radical (unpaired) electrons. The molecule has 0 atom stereocenters. The SMILES string of the molecule is CCCN1C(=O)C(C)(C)COc2cc(NC(=O)Cc3ccc(OCC)cc3)ccc21. The number of amides is 2. The van der Waals surface area contributed by atoms with Gasteiger partial charge in [0.25, 0.3) is 0 Å². The van der Waals surface area contributed by atoms with E-state index >= 15 is 0 Å². The van der Waals surface area contributed by atoms with Crippen molar-refractivity contribution in [2.45, 2.75) is 40.5 Å². The Morgan fingerprint density at radius 1 is 1.17 bits per heavy atom. The number of fused-ring (bicyclic) bond motifs is 1. The maximum absolute atomic E-state index is 12.9. The first-order valence-electron chi connectivity index (χ1n) is 10.4. The van der Waals surface area contributed by atoms with Gasteiger partial charge in [-0.25, -0.2) is 0 Å². The zero-order valence-electron chi connectivity index (χ0n) is 18.2. The fraction of sp³-hybridized carbons (Fsp3) is 0.417. The second-order valence-corrected chi connectivity index (χ2v) is 8.11. The Morgan fingerprint density at radius 2 is 1.90 bits per heavy atom. The summed E-state index contributed by atoms with van der Waals surface area (Å²) in [5.74, 6) is 1.34. The van der Waals surface area contributed by atoms with Crippen LogP contribution >= 0.6 is 0 Å². The number of hydrogen-bond acceptors (Lipinski definition) is 4. The van der Waals surface area contributed by atoms with Gasteiger partial charge in [0.2, 0.25) is 11.8 Å². The molecular formula is C24H30N2O4. The number of nitrogens with one attached hydrogen (secondary N) is 1. The smallest absolute Gasteiger partial charge is 0.236 e. The van der Waals surface area contributed by atoms with E-state index in [-0.39, 0.29) is 18.2 Å². The summed E-state index contributed by atoms with van der Waals surface area (Å²) in [6.45, 7) is 9.29. The molecule has 0 aliphatic carbocycles. The minimum atomic E-state index is -0.606. The van der Waals surface area contributed by atoms with E-state index < -0.39 is 5.41 Å². The number of carbonyl (C=O) groups is 2. The molecule has 1 aliphatic heterocycles. The molecule has 0 bridgehead atoms. The Hall–Kier alpha value is -3.02. The predicted molar refractivity (Wildman–Crippen MR) is 118 cm³/mol. The zero-order valence-corrected chi connectivity index (χ0v) is 18.2. The molecule has 30 heavy (non-hydrogen) atoms. The lowest BCUT2D eigenvalue weighted by Gasteiger charge is -2.27. The van der Waals surface area contributed by atoms with Crippen LogP contribution in [0.2, 0.25) is 0 Å². The third-order valence-electron chi connectivity index (χ3n) is 4.99. The quantitative estimate of drug-likeness (QED) is 0.733. The van der Waals surface area contributed by atoms with Crippen molar-refractivity contribution in [1.29, 1.82) is 0 Å². The van der Waals surface area contributed by atoms with Gasteiger partial charge in [-0.15, -0.1) is 0 Å². The highest BCUT2D eigenvalue weighted by Crippen LogP contribution is 2.38. The maximum atomic E-state index is 12.9. The minimum Gasteiger partial charge on any atom is -0.494 e. The van der Waals surface area contributed by atoms with E-state index in [0.717, 1.165) is 23.4 Å². The summed E-state index contributed by atoms with van der Waals surface area (Å²) in [6, 6.07) is 13.0. The molecule has 1 N–H and O–H groups in total. The van der Waals surface area contributed by atoms with Crippen LogP contribution in [0.5, 0.6) is 11.5 Å². The number of rotatable bonds is 7. The molecule has 1 heterocycles. The summed E-state index contributed by atoms with van der Waals surface area (Å²) in [4.78, 5) is 27.2. The summed E-state index contributed by atoms with van der Waals surface area (Å²) >= 11 is 0. The number of hydrogen-bond donors (Lipinski definition) is 1. The van der Waals surface area contributed by atoms with Gasteiger partial charge in [0.05, 0.1) is 24.1 Å². The van der Waals surface area contributed by atoms with Crippen molar-refractivity contribution in [3.63, 3.8) is 0 Å². The van der Waals surface area contributed by atoms with Gasteiger partial charge < -0.3 is 19.7 Å². The van der Waals surface area contributed by atoms with Gasteiger partial charge >= 0.3 is 0 Å². The van der Waals surface area contributed by atoms with Gasteiger partial charge in [0, 0.05) is 18.3 Å². The number of nitrogens with zero attached hydrogens (tertiary/aromatic N) is 1. The average molecular weight is 411 g/mol. The fourth-order valence-corrected chi connectivity index (χ4v) is 3.43. The lowest BCUT2D eigenvalue weighted by molar-refractivity contribution is -0.127. The second kappa shape index (κ2) is 9.20. The third kappa shape index (κ3) is 4.93. The van der Waals surface area contributed by atoms with Crippen molar-refractivity contribution in [2.75, 3.05) is 30.0 Å². The van der Waals surface area contributed by atoms with E-state index in [1.165, 1.54) is 0 Å². The molecule has 0 spiro atoms. The maximum Gasteiger partial charge on any atom is 0.236 e. The highest BCUT2D eigenvalue weighted by atomic mass is 16.5. The van der Waals surface area contributed by atoms with Crippen molar-refractivity contribution in [1.82, 2.24) is 0 Å². The van der Waals surface area contributed by atoms with Crippen LogP contribution in [-0.2, 0) is 16.0 Å². The fourth-order valence-electron chi connectivity index (χ4n) is 3.43. The van der Waals surface area contributed by atoms with E-state index in [1.54, 1.807) is 11.0 Å². The summed E-state index contributed by atoms with van der Waals surface area (Å²) in [7, 11) is 0. The standard InChI is InChI=1S/C24H30N2O4/c1-5-13-26-20-12-9-18(15-21(20)30-16-24(3,4)23(26)28)25-22(27)14-17-7-10-19(11-8-17)29-6-2/h7-12,15H,5-6,13-14,16H2,1-4H3,(H,25,27). The van der Waals surface area contributed by atoms with Gasteiger partial charge in [0.15, 0.2) is 0 Å². The van der Waals surface area contributed by atoms with Gasteiger partial charge in [-0.1, -0.05) is 19.1 Å². The number of ether oxygens (including phenoxy) is 2. The largest absolute Gasteiger partial charge is 0.494 e. The monoisotopic (exact) mass is 410 g/mol. The summed E-state index contributed by atoms with van der Waals surface area (Å²) in [5.41, 5.74) is 1.69. The number of carbonyl (C=O) groups excluding carboxylic acids is 2. The predicted octanol–water partition coefficient (Wildman–Crippen LogP) is 4.43. The number of benzene rings is 2. The molecule has 1 aliphatic rings. The van der Waals surface area contributed by atoms with Crippen LogP contribution in [0.25, 0.3) is 0 Å². The van der Waals surface area contributed by atoms with Crippen LogP contribution in [-0.4, -0.2) is 31.6 Å². The molecule has 2 aromatic carbocycles. The molecule has 0 saturated heterocycles. The van der Waals surface area contributed by atoms with E-state index in [0.29, 0.717) is 31.2 Å². The molecule has 0 saturated carbocycles. The molecule has 6 heteroatoms. The lowest BCUT2D eigenvalue weighted by atomic mass is 9.93. The van der Waals surface area contributed by atoms with E-state index in [1.807, 2.05) is 64.1 Å². The Morgan fingerprint density at radius 3 is 2.57 bits per heavy atom. The topological polar surface area (TPSA) is 67.9 Å². The van der Waals surface area contributed by atoms with E-state index in [4.69, 9.17) is 9.47 Å². The molecule has 0 aromatic heterocycles. The number of anilines is 2. The highest BCUT2D eigenvalue weighted by Gasteiger charge is 2.37. The summed E-state index contributed by atoms with van der Waals surface area (Å²) < 4.78 is 11.4. The van der Waals surface area contributed by atoms with Gasteiger partial charge in [-0.2, -0.15) is 0 Å². The van der Waals surface area contributed by atoms with Crippen LogP contribution in [0.1, 0.15) is 39.7 Å². The molecule has 0 unspecified atom stereocenters. The Labute approximate surface area is 178 Å². The van der Waals surface area contributed by atoms with Crippen LogP contribution in [0.15, 0.2) is 42.5 Å². The molecule has 3 rings (SSSR count). The van der Waals surface area contributed by atoms with E-state index in [9.17, 15) is 9.59 Å². The van der Waals surface area contributed by atoms with Crippen molar-refractivity contribution in [3.8, 4) is 11.5 Å². The first kappa shape index (κ1) is 21.7. The first-order valence-corrected chi connectivity index (χ1v) is 10.4. The molecule has 160 valence electrons. The molecule has 2 aromatic rings. The van der Waals surface area contributed by atoms with Crippen molar-refractivity contribution in [3.05, 3.63) is 48.0 Å². The Balaban J connectivity index is 1.73. The van der Waals surface area contributed by atoms with E-state index in [2.05, 4.69) is 5.32 Å². The molecular weight excluding hydrogens is 380 g/mol. The normalized spacial score (nSPS) is 15.1. The Bertz CT molecular complexity index is 906. The Kier molecular flexibility index (Phi) is 6.65. The average Bonchev–Trinajstić information content (AvgIpc) is 2.80. The van der Waals surface area contributed by atoms with Crippen LogP contribution in [0.3, 0.4) is 0 Å². The van der Waals surface area contributed by atoms with Crippen LogP contribution in [0, 0.1) is 5.41 Å². The van der Waals surface area contributed by atoms with Crippen molar-refractivity contribution >= 4 is 23.2 Å². The zero-order chi connectivity index (χ0) is 21.7. The van der Waals surface area contributed by atoms with Crippen molar-refractivity contribution in [2.24, 2.45) is 5.41 Å². The summed E-state index contributed by atoms with van der Waals surface area (Å²) in [5, 5.41) is 2.93. The second-order valence-electron chi connectivity index (χ2n) is 8.11. The van der Waals surface area contributed by atoms with Gasteiger partial charge in [0.1, 0.15) is 18.1 Å². The summed E-state index contributed by atoms with van der Waals surface area (Å²) in [6.07, 6.45) is 1.11. The highest BCUT2D eigenvalue weighted by molar-refractivity contribution is 6.00. The first-order chi connectivity index (χ1) is 14.3. The van der Waals surface area contributed by atoms with Crippen LogP contribution in [0.4, 0.5) is 11.4 Å². The lowest BCUT2D eigenvalue weighted by Crippen LogP contribution is -2.42. The molecule has 6 nitrogen and oxygen atoms in total. The van der Waals surface area contributed by atoms with Gasteiger partial charge in [-0.3, -0.25) is 9.59 Å². The van der Waals surface area contributed by atoms with Crippen LogP contribution < -0.4 is 19.7 Å². The van der Waals surface area contributed by atoms with Gasteiger partial charge in [-0.05, 0) is 57.0 Å².